The lowest BCUT2D eigenvalue weighted by Crippen LogP contribution is -2.61. The average Bonchev–Trinajstić information content (AvgIpc) is 3.28. The Kier molecular flexibility index (Phi) is 11.1. The number of thioether (sulfide) groups is 1. The van der Waals surface area contributed by atoms with Gasteiger partial charge in [0.15, 0.2) is 16.6 Å². The van der Waals surface area contributed by atoms with E-state index in [1.807, 2.05) is 11.8 Å². The van der Waals surface area contributed by atoms with Gasteiger partial charge in [0, 0.05) is 24.0 Å². The molecule has 0 heterocycles. The molecule has 4 aliphatic rings. The molecule has 2 fully saturated rings. The number of aliphatic hydroxyl groups excluding tert-OH is 1. The van der Waals surface area contributed by atoms with Gasteiger partial charge in [0.05, 0.1) is 12.2 Å². The monoisotopic (exact) mass is 688 g/mol. The fourth-order valence-electron chi connectivity index (χ4n) is 8.97. The van der Waals surface area contributed by atoms with Crippen LogP contribution in [0.5, 0.6) is 0 Å². The van der Waals surface area contributed by atoms with Crippen LogP contribution in [0.15, 0.2) is 34.9 Å². The highest BCUT2D eigenvalue weighted by molar-refractivity contribution is 8.00. The van der Waals surface area contributed by atoms with E-state index in [2.05, 4.69) is 121 Å². The molecule has 1 N–H and O–H groups in total. The van der Waals surface area contributed by atoms with Crippen molar-refractivity contribution < 1.29 is 14.0 Å². The molecule has 0 unspecified atom stereocenters. The van der Waals surface area contributed by atoms with Crippen molar-refractivity contribution in [1.82, 2.24) is 0 Å². The first kappa shape index (κ1) is 38.7. The second-order valence-corrected chi connectivity index (χ2v) is 29.8. The van der Waals surface area contributed by atoms with Crippen LogP contribution in [-0.2, 0) is 8.85 Å². The molecule has 0 aromatic heterocycles. The second kappa shape index (κ2) is 13.2. The van der Waals surface area contributed by atoms with E-state index in [1.165, 1.54) is 31.3 Å². The second-order valence-electron chi connectivity index (χ2n) is 19.0. The molecule has 6 heteroatoms. The first-order valence-corrected chi connectivity index (χ1v) is 25.6. The average molecular weight is 689 g/mol. The van der Waals surface area contributed by atoms with Gasteiger partial charge in [0.2, 0.25) is 0 Å². The molecule has 0 bridgehead atoms. The van der Waals surface area contributed by atoms with E-state index in [1.54, 1.807) is 11.1 Å². The molecule has 46 heavy (non-hydrogen) atoms. The number of aliphatic hydroxyl groups is 1. The molecule has 264 valence electrons. The van der Waals surface area contributed by atoms with Crippen LogP contribution in [0.1, 0.15) is 128 Å². The molecule has 0 radical (unpaired) electrons. The first-order valence-electron chi connectivity index (χ1n) is 18.8. The highest BCUT2D eigenvalue weighted by Crippen LogP contribution is 2.67. The molecule has 0 saturated heterocycles. The zero-order valence-electron chi connectivity index (χ0n) is 32.7. The van der Waals surface area contributed by atoms with E-state index in [4.69, 9.17) is 8.85 Å². The molecule has 0 aliphatic heterocycles. The quantitative estimate of drug-likeness (QED) is 0.133. The van der Waals surface area contributed by atoms with E-state index in [-0.39, 0.29) is 27.7 Å². The molecule has 7 atom stereocenters. The van der Waals surface area contributed by atoms with Crippen molar-refractivity contribution >= 4 is 28.4 Å². The van der Waals surface area contributed by atoms with Crippen LogP contribution < -0.4 is 0 Å². The van der Waals surface area contributed by atoms with Crippen molar-refractivity contribution in [2.24, 2.45) is 28.6 Å². The number of fused-ring (bicyclic) bond motifs is 5. The summed E-state index contributed by atoms with van der Waals surface area (Å²) in [4.78, 5) is -0.410. The van der Waals surface area contributed by atoms with Crippen molar-refractivity contribution in [2.45, 2.75) is 181 Å². The normalized spacial score (nSPS) is 34.4. The predicted molar refractivity (Wildman–Crippen MR) is 206 cm³/mol. The van der Waals surface area contributed by atoms with E-state index < -0.39 is 21.6 Å². The molecule has 2 saturated carbocycles. The number of rotatable bonds is 11. The Morgan fingerprint density at radius 3 is 2.09 bits per heavy atom. The largest absolute Gasteiger partial charge is 0.413 e. The van der Waals surface area contributed by atoms with Crippen LogP contribution in [0.25, 0.3) is 0 Å². The van der Waals surface area contributed by atoms with Gasteiger partial charge in [-0.05, 0) is 85.1 Å². The maximum Gasteiger partial charge on any atom is 0.193 e. The molecule has 0 aromatic carbocycles. The summed E-state index contributed by atoms with van der Waals surface area (Å²) < 4.78 is 15.4. The molecule has 0 aromatic rings. The minimum atomic E-state index is -2.16. The van der Waals surface area contributed by atoms with Crippen molar-refractivity contribution in [3.63, 3.8) is 0 Å². The van der Waals surface area contributed by atoms with Gasteiger partial charge >= 0.3 is 0 Å². The number of hydrogen-bond acceptors (Lipinski definition) is 4. The van der Waals surface area contributed by atoms with E-state index in [0.29, 0.717) is 28.9 Å². The summed E-state index contributed by atoms with van der Waals surface area (Å²) in [6.45, 7) is 35.9. The van der Waals surface area contributed by atoms with Crippen molar-refractivity contribution in [2.75, 3.05) is 5.75 Å². The smallest absolute Gasteiger partial charge is 0.193 e. The lowest BCUT2D eigenvalue weighted by atomic mass is 9.49. The molecule has 0 spiro atoms. The SMILES string of the molecule is CCC1=CC[C@H]2C3=CC=C4C[C@](O[Si](C)(C)C(C)(C)C)(SC[C@H](O)C(CC)CC)C[C@H](O[Si](C)(C)C(C)(C)C)[C@]4(C)[C@H]3CC[C@]12C. The minimum Gasteiger partial charge on any atom is -0.413 e. The summed E-state index contributed by atoms with van der Waals surface area (Å²) >= 11 is 1.92. The zero-order chi connectivity index (χ0) is 34.7. The Balaban J connectivity index is 1.85. The van der Waals surface area contributed by atoms with Crippen molar-refractivity contribution in [3.05, 3.63) is 34.9 Å². The Hall–Kier alpha value is -0.116. The number of allylic oxidation sites excluding steroid dienone is 5. The lowest BCUT2D eigenvalue weighted by Gasteiger charge is -2.61. The molecule has 0 amide bonds. The van der Waals surface area contributed by atoms with Crippen LogP contribution >= 0.6 is 11.8 Å². The maximum absolute atomic E-state index is 11.4. The fourth-order valence-corrected chi connectivity index (χ4v) is 13.9. The van der Waals surface area contributed by atoms with Crippen LogP contribution in [0.3, 0.4) is 0 Å². The summed E-state index contributed by atoms with van der Waals surface area (Å²) in [5.74, 6) is 2.17. The van der Waals surface area contributed by atoms with Gasteiger partial charge in [-0.1, -0.05) is 124 Å². The Morgan fingerprint density at radius 1 is 0.935 bits per heavy atom. The predicted octanol–water partition coefficient (Wildman–Crippen LogP) is 12.1. The molecular weight excluding hydrogens is 617 g/mol. The van der Waals surface area contributed by atoms with Gasteiger partial charge < -0.3 is 14.0 Å². The van der Waals surface area contributed by atoms with Gasteiger partial charge in [-0.25, -0.2) is 0 Å². The van der Waals surface area contributed by atoms with E-state index in [9.17, 15) is 5.11 Å². The van der Waals surface area contributed by atoms with Gasteiger partial charge in [-0.15, -0.1) is 11.8 Å². The Labute approximate surface area is 291 Å². The number of hydrogen-bond donors (Lipinski definition) is 1. The van der Waals surface area contributed by atoms with Crippen LogP contribution in [0.2, 0.25) is 36.3 Å². The Morgan fingerprint density at radius 2 is 1.54 bits per heavy atom. The third-order valence-corrected chi connectivity index (χ3v) is 24.9. The standard InChI is InChI=1S/C40H72O3SSi2/c1-16-28(17-2)34(41)27-44-40(43-46(14,15)37(7,8)9)25-30-19-21-31-32-22-20-29(18-3)38(32,10)24-23-33(31)39(30,11)35(26-40)42-45(12,13)36(4,5)6/h19-21,28,32-35,41H,16-18,22-27H2,1-15H3/t32-,33-,34-,35-,38+,39-,40-/m0/s1. The maximum atomic E-state index is 11.4. The highest BCUT2D eigenvalue weighted by atomic mass is 32.2. The van der Waals surface area contributed by atoms with Gasteiger partial charge in [0.25, 0.3) is 0 Å². The highest BCUT2D eigenvalue weighted by Gasteiger charge is 2.62. The third-order valence-electron chi connectivity index (χ3n) is 14.4. The van der Waals surface area contributed by atoms with Crippen molar-refractivity contribution in [3.8, 4) is 0 Å². The Bertz CT molecular complexity index is 1200. The van der Waals surface area contributed by atoms with Gasteiger partial charge in [-0.3, -0.25) is 0 Å². The van der Waals surface area contributed by atoms with Gasteiger partial charge in [0.1, 0.15) is 4.93 Å². The van der Waals surface area contributed by atoms with Crippen LogP contribution in [-0.4, -0.2) is 44.6 Å². The fraction of sp³-hybridized carbons (Fsp3) is 0.850. The lowest BCUT2D eigenvalue weighted by molar-refractivity contribution is -0.0490. The van der Waals surface area contributed by atoms with Gasteiger partial charge in [-0.2, -0.15) is 0 Å². The van der Waals surface area contributed by atoms with E-state index in [0.717, 1.165) is 25.7 Å². The summed E-state index contributed by atoms with van der Waals surface area (Å²) in [6, 6.07) is 0. The topological polar surface area (TPSA) is 38.7 Å². The summed E-state index contributed by atoms with van der Waals surface area (Å²) in [6.07, 6.45) is 16.2. The van der Waals surface area contributed by atoms with E-state index >= 15 is 0 Å². The summed E-state index contributed by atoms with van der Waals surface area (Å²) in [5.41, 5.74) is 5.16. The minimum absolute atomic E-state index is 0.0509. The molecular formula is C40H72O3SSi2. The molecule has 4 aliphatic carbocycles. The summed E-state index contributed by atoms with van der Waals surface area (Å²) in [5, 5.41) is 11.7. The van der Waals surface area contributed by atoms with Crippen LogP contribution in [0, 0.1) is 28.6 Å². The van der Waals surface area contributed by atoms with Crippen molar-refractivity contribution in [1.29, 1.82) is 0 Å². The first-order chi connectivity index (χ1) is 21.0. The molecule has 3 nitrogen and oxygen atoms in total. The zero-order valence-corrected chi connectivity index (χ0v) is 35.5. The third kappa shape index (κ3) is 6.81. The molecule has 4 rings (SSSR count). The van der Waals surface area contributed by atoms with Crippen LogP contribution in [0.4, 0.5) is 0 Å². The summed E-state index contributed by atoms with van der Waals surface area (Å²) in [7, 11) is -4.28.